The number of rotatable bonds is 8. The number of methoxy groups -OCH3 is 1. The Labute approximate surface area is 211 Å². The van der Waals surface area contributed by atoms with Gasteiger partial charge >= 0.3 is 0 Å². The van der Waals surface area contributed by atoms with E-state index in [4.69, 9.17) is 9.72 Å². The van der Waals surface area contributed by atoms with E-state index in [1.165, 1.54) is 6.33 Å². The summed E-state index contributed by atoms with van der Waals surface area (Å²) in [6.07, 6.45) is 6.85. The molecule has 1 saturated carbocycles. The number of aromatic nitrogens is 6. The first-order valence-electron chi connectivity index (χ1n) is 11.7. The van der Waals surface area contributed by atoms with Gasteiger partial charge in [0.1, 0.15) is 23.7 Å². The van der Waals surface area contributed by atoms with Crippen LogP contribution >= 0.6 is 0 Å². The number of hydrogen-bond donors (Lipinski definition) is 1. The highest BCUT2D eigenvalue weighted by molar-refractivity contribution is 7.90. The maximum absolute atomic E-state index is 13.4. The molecular formula is C25H27N7O3S. The van der Waals surface area contributed by atoms with Crippen molar-refractivity contribution in [3.05, 3.63) is 58.4 Å². The smallest absolute Gasteiger partial charge is 0.295 e. The van der Waals surface area contributed by atoms with Crippen LogP contribution in [0.1, 0.15) is 49.9 Å². The fraction of sp³-hybridized carbons (Fsp3) is 0.360. The van der Waals surface area contributed by atoms with Crippen molar-refractivity contribution in [1.82, 2.24) is 29.5 Å². The third-order valence-electron chi connectivity index (χ3n) is 6.09. The van der Waals surface area contributed by atoms with Crippen LogP contribution in [0.15, 0.2) is 46.5 Å². The monoisotopic (exact) mass is 505 g/mol. The van der Waals surface area contributed by atoms with Crippen LogP contribution in [0.25, 0.3) is 22.6 Å². The van der Waals surface area contributed by atoms with Crippen molar-refractivity contribution in [2.75, 3.05) is 18.7 Å². The van der Waals surface area contributed by atoms with E-state index in [-0.39, 0.29) is 17.4 Å². The number of benzene rings is 1. The number of hydrogen-bond acceptors (Lipinski definition) is 9. The van der Waals surface area contributed by atoms with Gasteiger partial charge in [0.15, 0.2) is 22.2 Å². The van der Waals surface area contributed by atoms with Gasteiger partial charge in [0, 0.05) is 18.5 Å². The number of ether oxygens (including phenoxy) is 1. The van der Waals surface area contributed by atoms with Crippen LogP contribution < -0.4 is 15.6 Å². The standard InChI is InChI=1S/C25H27N7O3S/c1-14(2)32-23-18(30-22(25(32)33)26-11-15-5-9-17(10-6-15)36(4)34)12-27-21(31-23)19-20(16-7-8-16)28-13-29-24(19)35-3/h5-6,9-10,12-14,16H,7-8,11H2,1-4H3,(H,26,30). The van der Waals surface area contributed by atoms with Gasteiger partial charge in [0.2, 0.25) is 5.88 Å². The van der Waals surface area contributed by atoms with Gasteiger partial charge in [-0.1, -0.05) is 12.1 Å². The molecule has 1 unspecified atom stereocenters. The Balaban J connectivity index is 1.54. The lowest BCUT2D eigenvalue weighted by Crippen LogP contribution is -2.27. The quantitative estimate of drug-likeness (QED) is 0.358. The molecule has 3 heterocycles. The summed E-state index contributed by atoms with van der Waals surface area (Å²) in [5.41, 5.74) is 3.13. The first-order chi connectivity index (χ1) is 17.4. The minimum Gasteiger partial charge on any atom is -0.612 e. The van der Waals surface area contributed by atoms with Gasteiger partial charge < -0.3 is 14.6 Å². The molecule has 0 bridgehead atoms. The Kier molecular flexibility index (Phi) is 6.59. The van der Waals surface area contributed by atoms with Crippen molar-refractivity contribution in [3.63, 3.8) is 0 Å². The van der Waals surface area contributed by atoms with E-state index in [9.17, 15) is 9.35 Å². The predicted molar refractivity (Wildman–Crippen MR) is 138 cm³/mol. The molecule has 186 valence electrons. The second kappa shape index (κ2) is 9.82. The molecule has 3 aromatic heterocycles. The fourth-order valence-electron chi connectivity index (χ4n) is 4.11. The topological polar surface area (TPSA) is 131 Å². The zero-order valence-corrected chi connectivity index (χ0v) is 21.4. The van der Waals surface area contributed by atoms with Gasteiger partial charge in [-0.05, 0) is 55.6 Å². The molecule has 1 atom stereocenters. The minimum atomic E-state index is -1.04. The van der Waals surface area contributed by atoms with Crippen LogP contribution in [0.4, 0.5) is 5.82 Å². The largest absolute Gasteiger partial charge is 0.612 e. The van der Waals surface area contributed by atoms with Crippen LogP contribution in [-0.2, 0) is 17.7 Å². The Morgan fingerprint density at radius 3 is 2.56 bits per heavy atom. The van der Waals surface area contributed by atoms with Crippen molar-refractivity contribution < 1.29 is 9.29 Å². The van der Waals surface area contributed by atoms with Gasteiger partial charge in [0.25, 0.3) is 5.56 Å². The summed E-state index contributed by atoms with van der Waals surface area (Å²) < 4.78 is 18.7. The molecule has 1 aliphatic carbocycles. The zero-order valence-electron chi connectivity index (χ0n) is 20.6. The SMILES string of the molecule is COc1ncnc(C2CC2)c1-c1ncc2nc(NCc3ccc([S+](C)[O-])cc3)c(=O)n(C(C)C)c2n1. The number of nitrogens with one attached hydrogen (secondary N) is 1. The Bertz CT molecular complexity index is 1470. The summed E-state index contributed by atoms with van der Waals surface area (Å²) in [5.74, 6) is 1.37. The van der Waals surface area contributed by atoms with Gasteiger partial charge in [-0.15, -0.1) is 0 Å². The first kappa shape index (κ1) is 24.1. The van der Waals surface area contributed by atoms with Crippen molar-refractivity contribution >= 4 is 28.2 Å². The number of anilines is 1. The van der Waals surface area contributed by atoms with Crippen molar-refractivity contribution in [3.8, 4) is 17.3 Å². The molecule has 0 spiro atoms. The van der Waals surface area contributed by atoms with E-state index < -0.39 is 11.2 Å². The summed E-state index contributed by atoms with van der Waals surface area (Å²) in [6.45, 7) is 4.25. The van der Waals surface area contributed by atoms with E-state index in [1.807, 2.05) is 38.1 Å². The van der Waals surface area contributed by atoms with E-state index in [2.05, 4.69) is 25.3 Å². The van der Waals surface area contributed by atoms with Gasteiger partial charge in [0.05, 0.1) is 19.0 Å². The molecule has 1 fully saturated rings. The molecule has 1 aliphatic rings. The van der Waals surface area contributed by atoms with Crippen LogP contribution in [0.2, 0.25) is 0 Å². The van der Waals surface area contributed by atoms with Crippen molar-refractivity contribution in [1.29, 1.82) is 0 Å². The normalized spacial score (nSPS) is 14.3. The lowest BCUT2D eigenvalue weighted by Gasteiger charge is -2.16. The summed E-state index contributed by atoms with van der Waals surface area (Å²) in [7, 11) is 1.56. The molecule has 0 radical (unpaired) electrons. The minimum absolute atomic E-state index is 0.165. The molecule has 36 heavy (non-hydrogen) atoms. The molecular weight excluding hydrogens is 478 g/mol. The van der Waals surface area contributed by atoms with E-state index in [1.54, 1.807) is 24.1 Å². The summed E-state index contributed by atoms with van der Waals surface area (Å²) in [5, 5.41) is 3.15. The van der Waals surface area contributed by atoms with Gasteiger partial charge in [-0.3, -0.25) is 9.36 Å². The lowest BCUT2D eigenvalue weighted by molar-refractivity contribution is 0.397. The van der Waals surface area contributed by atoms with E-state index >= 15 is 0 Å². The molecule has 11 heteroatoms. The van der Waals surface area contributed by atoms with E-state index in [0.29, 0.717) is 40.9 Å². The average Bonchev–Trinajstić information content (AvgIpc) is 3.72. The maximum atomic E-state index is 13.4. The van der Waals surface area contributed by atoms with Crippen molar-refractivity contribution in [2.45, 2.75) is 50.1 Å². The summed E-state index contributed by atoms with van der Waals surface area (Å²) in [6, 6.07) is 7.24. The third-order valence-corrected chi connectivity index (χ3v) is 7.02. The molecule has 5 rings (SSSR count). The van der Waals surface area contributed by atoms with Crippen LogP contribution in [0.5, 0.6) is 5.88 Å². The Morgan fingerprint density at radius 1 is 1.17 bits per heavy atom. The van der Waals surface area contributed by atoms with Crippen LogP contribution in [0, 0.1) is 0 Å². The molecule has 0 amide bonds. The third kappa shape index (κ3) is 4.63. The molecule has 4 aromatic rings. The fourth-order valence-corrected chi connectivity index (χ4v) is 4.63. The molecule has 1 N–H and O–H groups in total. The highest BCUT2D eigenvalue weighted by atomic mass is 32.2. The average molecular weight is 506 g/mol. The van der Waals surface area contributed by atoms with Crippen LogP contribution in [-0.4, -0.2) is 47.4 Å². The van der Waals surface area contributed by atoms with E-state index in [0.717, 1.165) is 29.0 Å². The Hall–Kier alpha value is -3.57. The van der Waals surface area contributed by atoms with Gasteiger partial charge in [-0.25, -0.2) is 24.9 Å². The predicted octanol–water partition coefficient (Wildman–Crippen LogP) is 3.46. The summed E-state index contributed by atoms with van der Waals surface area (Å²) >= 11 is -1.04. The van der Waals surface area contributed by atoms with Gasteiger partial charge in [-0.2, -0.15) is 0 Å². The second-order valence-electron chi connectivity index (χ2n) is 9.00. The molecule has 1 aromatic carbocycles. The molecule has 0 saturated heterocycles. The summed E-state index contributed by atoms with van der Waals surface area (Å²) in [4.78, 5) is 36.8. The molecule has 0 aliphatic heterocycles. The Morgan fingerprint density at radius 2 is 1.92 bits per heavy atom. The number of fused-ring (bicyclic) bond motifs is 1. The molecule has 10 nitrogen and oxygen atoms in total. The number of nitrogens with zero attached hydrogens (tertiary/aromatic N) is 6. The highest BCUT2D eigenvalue weighted by Gasteiger charge is 2.31. The maximum Gasteiger partial charge on any atom is 0.295 e. The lowest BCUT2D eigenvalue weighted by atomic mass is 10.1. The zero-order chi connectivity index (χ0) is 25.4. The second-order valence-corrected chi connectivity index (χ2v) is 10.4. The van der Waals surface area contributed by atoms with Crippen LogP contribution in [0.3, 0.4) is 0 Å². The highest BCUT2D eigenvalue weighted by Crippen LogP contribution is 2.44. The first-order valence-corrected chi connectivity index (χ1v) is 13.3. The van der Waals surface area contributed by atoms with Crippen molar-refractivity contribution in [2.24, 2.45) is 0 Å².